The van der Waals surface area contributed by atoms with E-state index in [0.717, 1.165) is 44.6 Å². The first kappa shape index (κ1) is 33.5. The van der Waals surface area contributed by atoms with Crippen LogP contribution in [0.4, 0.5) is 17.1 Å². The molecule has 0 fully saturated rings. The molecule has 0 atom stereocenters. The lowest BCUT2D eigenvalue weighted by molar-refractivity contribution is 0.670. The summed E-state index contributed by atoms with van der Waals surface area (Å²) in [7, 11) is 0. The Labute approximate surface area is 342 Å². The van der Waals surface area contributed by atoms with E-state index < -0.39 is 5.41 Å². The van der Waals surface area contributed by atoms with Gasteiger partial charge in [-0.1, -0.05) is 188 Å². The molecule has 0 N–H and O–H groups in total. The highest BCUT2D eigenvalue weighted by Gasteiger charge is 2.46. The first-order chi connectivity index (χ1) is 29.3. The summed E-state index contributed by atoms with van der Waals surface area (Å²) in [6.07, 6.45) is 0. The van der Waals surface area contributed by atoms with Gasteiger partial charge in [-0.05, 0) is 96.9 Å². The molecule has 12 rings (SSSR count). The molecule has 1 aliphatic rings. The van der Waals surface area contributed by atoms with Crippen LogP contribution in [0.1, 0.15) is 22.3 Å². The molecular formula is C57H37NO. The van der Waals surface area contributed by atoms with Crippen LogP contribution in [0.25, 0.3) is 65.7 Å². The Bertz CT molecular complexity index is 3340. The van der Waals surface area contributed by atoms with Crippen LogP contribution in [-0.2, 0) is 5.41 Å². The quantitative estimate of drug-likeness (QED) is 0.168. The molecule has 0 saturated carbocycles. The predicted molar refractivity (Wildman–Crippen MR) is 246 cm³/mol. The van der Waals surface area contributed by atoms with Crippen molar-refractivity contribution in [2.75, 3.05) is 4.90 Å². The van der Waals surface area contributed by atoms with E-state index in [1.54, 1.807) is 0 Å². The molecule has 0 aliphatic heterocycles. The van der Waals surface area contributed by atoms with Gasteiger partial charge in [0.05, 0.1) is 11.1 Å². The van der Waals surface area contributed by atoms with Crippen LogP contribution in [0, 0.1) is 0 Å². The molecule has 276 valence electrons. The van der Waals surface area contributed by atoms with Gasteiger partial charge in [-0.15, -0.1) is 0 Å². The second-order valence-electron chi connectivity index (χ2n) is 15.6. The molecule has 0 amide bonds. The maximum absolute atomic E-state index is 7.33. The lowest BCUT2D eigenvalue weighted by atomic mass is 9.67. The third kappa shape index (κ3) is 4.93. The molecule has 10 aromatic carbocycles. The van der Waals surface area contributed by atoms with Crippen LogP contribution in [0.2, 0.25) is 0 Å². The van der Waals surface area contributed by atoms with Crippen molar-refractivity contribution in [1.29, 1.82) is 0 Å². The number of furan rings is 1. The first-order valence-electron chi connectivity index (χ1n) is 20.3. The Balaban J connectivity index is 1.15. The zero-order chi connectivity index (χ0) is 38.9. The number of nitrogens with zero attached hydrogens (tertiary/aromatic N) is 1. The zero-order valence-corrected chi connectivity index (χ0v) is 32.2. The fourth-order valence-electron chi connectivity index (χ4n) is 10.0. The maximum Gasteiger partial charge on any atom is 0.159 e. The highest BCUT2D eigenvalue weighted by molar-refractivity contribution is 6.22. The second-order valence-corrected chi connectivity index (χ2v) is 15.6. The van der Waals surface area contributed by atoms with Gasteiger partial charge >= 0.3 is 0 Å². The largest absolute Gasteiger partial charge is 0.453 e. The van der Waals surface area contributed by atoms with E-state index in [9.17, 15) is 0 Å². The Morgan fingerprint density at radius 1 is 0.339 bits per heavy atom. The predicted octanol–water partition coefficient (Wildman–Crippen LogP) is 15.4. The molecule has 0 radical (unpaired) electrons. The van der Waals surface area contributed by atoms with E-state index in [0.29, 0.717) is 0 Å². The summed E-state index contributed by atoms with van der Waals surface area (Å²) in [6.45, 7) is 0. The summed E-state index contributed by atoms with van der Waals surface area (Å²) in [6, 6.07) is 81.6. The van der Waals surface area contributed by atoms with Crippen molar-refractivity contribution in [2.24, 2.45) is 0 Å². The summed E-state index contributed by atoms with van der Waals surface area (Å²) in [5, 5.41) is 6.97. The molecule has 0 spiro atoms. The fraction of sp³-hybridized carbons (Fsp3) is 0.0175. The number of hydrogen-bond donors (Lipinski definition) is 0. The molecule has 0 unspecified atom stereocenters. The molecule has 2 heteroatoms. The molecule has 1 aromatic heterocycles. The van der Waals surface area contributed by atoms with Crippen molar-refractivity contribution in [3.63, 3.8) is 0 Å². The number of hydrogen-bond acceptors (Lipinski definition) is 2. The van der Waals surface area contributed by atoms with Gasteiger partial charge < -0.3 is 9.32 Å². The molecule has 2 nitrogen and oxygen atoms in total. The Morgan fingerprint density at radius 2 is 0.915 bits per heavy atom. The minimum atomic E-state index is -0.522. The van der Waals surface area contributed by atoms with E-state index >= 15 is 0 Å². The van der Waals surface area contributed by atoms with Gasteiger partial charge in [0.15, 0.2) is 5.58 Å². The topological polar surface area (TPSA) is 16.4 Å². The molecule has 59 heavy (non-hydrogen) atoms. The third-order valence-electron chi connectivity index (χ3n) is 12.5. The average Bonchev–Trinajstić information content (AvgIpc) is 3.83. The summed E-state index contributed by atoms with van der Waals surface area (Å²) in [5.74, 6) is 0. The maximum atomic E-state index is 7.33. The van der Waals surface area contributed by atoms with Crippen molar-refractivity contribution in [3.05, 3.63) is 247 Å². The molecule has 0 bridgehead atoms. The highest BCUT2D eigenvalue weighted by atomic mass is 16.3. The number of rotatable bonds is 6. The lowest BCUT2D eigenvalue weighted by Crippen LogP contribution is -2.28. The van der Waals surface area contributed by atoms with Gasteiger partial charge in [0, 0.05) is 27.7 Å². The Kier molecular flexibility index (Phi) is 7.48. The van der Waals surface area contributed by atoms with Gasteiger partial charge in [0.25, 0.3) is 0 Å². The minimum absolute atomic E-state index is 0.522. The van der Waals surface area contributed by atoms with E-state index in [4.69, 9.17) is 4.42 Å². The van der Waals surface area contributed by atoms with E-state index in [2.05, 4.69) is 229 Å². The average molecular weight is 752 g/mol. The smallest absolute Gasteiger partial charge is 0.159 e. The molecule has 0 saturated heterocycles. The Hall–Kier alpha value is -7.68. The molecular weight excluding hydrogens is 715 g/mol. The van der Waals surface area contributed by atoms with Gasteiger partial charge in [-0.2, -0.15) is 0 Å². The number of benzene rings is 10. The standard InChI is InChI=1S/C57H37NO/c1-4-21-40(22-5-1)57(41-23-6-2-7-24-41)51-32-15-14-29-46(51)47-35-34-43(37-52(47)57)58(42-25-8-3-9-26-42)53-33-17-31-49-50-36-39-19-11-13-28-45(39)54(56(50)59-55(49)53)48-30-16-20-38-18-10-12-27-44(38)48/h1-37H. The Morgan fingerprint density at radius 3 is 1.69 bits per heavy atom. The van der Waals surface area contributed by atoms with E-state index in [1.165, 1.54) is 60.5 Å². The number of fused-ring (bicyclic) bond motifs is 8. The summed E-state index contributed by atoms with van der Waals surface area (Å²) in [4.78, 5) is 2.38. The van der Waals surface area contributed by atoms with Crippen molar-refractivity contribution < 1.29 is 4.42 Å². The SMILES string of the molecule is c1ccc(N(c2ccc3c(c2)C(c2ccccc2)(c2ccccc2)c2ccccc2-3)c2cccc3c2oc2c(-c4cccc5ccccc45)c4ccccc4cc23)cc1. The summed E-state index contributed by atoms with van der Waals surface area (Å²) < 4.78 is 7.33. The molecule has 1 heterocycles. The minimum Gasteiger partial charge on any atom is -0.453 e. The first-order valence-corrected chi connectivity index (χ1v) is 20.3. The zero-order valence-electron chi connectivity index (χ0n) is 32.2. The third-order valence-corrected chi connectivity index (χ3v) is 12.5. The normalized spacial score (nSPS) is 12.9. The number of anilines is 3. The fourth-order valence-corrected chi connectivity index (χ4v) is 10.0. The summed E-state index contributed by atoms with van der Waals surface area (Å²) >= 11 is 0. The molecule has 11 aromatic rings. The van der Waals surface area contributed by atoms with Crippen molar-refractivity contribution in [1.82, 2.24) is 0 Å². The van der Waals surface area contributed by atoms with Crippen LogP contribution < -0.4 is 4.90 Å². The van der Waals surface area contributed by atoms with Crippen LogP contribution >= 0.6 is 0 Å². The molecule has 1 aliphatic carbocycles. The lowest BCUT2D eigenvalue weighted by Gasteiger charge is -2.34. The summed E-state index contributed by atoms with van der Waals surface area (Å²) in [5.41, 5.74) is 14.2. The second kappa shape index (κ2) is 13.2. The van der Waals surface area contributed by atoms with E-state index in [1.807, 2.05) is 0 Å². The van der Waals surface area contributed by atoms with Crippen LogP contribution in [-0.4, -0.2) is 0 Å². The number of para-hydroxylation sites is 2. The highest BCUT2D eigenvalue weighted by Crippen LogP contribution is 2.57. The monoisotopic (exact) mass is 751 g/mol. The van der Waals surface area contributed by atoms with Gasteiger partial charge in [0.2, 0.25) is 0 Å². The van der Waals surface area contributed by atoms with Crippen molar-refractivity contribution >= 4 is 60.5 Å². The van der Waals surface area contributed by atoms with Crippen molar-refractivity contribution in [3.8, 4) is 22.3 Å². The van der Waals surface area contributed by atoms with Crippen molar-refractivity contribution in [2.45, 2.75) is 5.41 Å². The van der Waals surface area contributed by atoms with Crippen LogP contribution in [0.3, 0.4) is 0 Å². The van der Waals surface area contributed by atoms with Crippen LogP contribution in [0.15, 0.2) is 229 Å². The van der Waals surface area contributed by atoms with Gasteiger partial charge in [-0.25, -0.2) is 0 Å². The van der Waals surface area contributed by atoms with Gasteiger partial charge in [-0.3, -0.25) is 0 Å². The van der Waals surface area contributed by atoms with E-state index in [-0.39, 0.29) is 0 Å². The van der Waals surface area contributed by atoms with Gasteiger partial charge in [0.1, 0.15) is 5.58 Å². The van der Waals surface area contributed by atoms with Crippen LogP contribution in [0.5, 0.6) is 0 Å².